The number of aliphatic carboxylic acids is 1. The van der Waals surface area contributed by atoms with Crippen molar-refractivity contribution in [3.8, 4) is 5.75 Å². The number of benzene rings is 1. The Labute approximate surface area is 95.1 Å². The van der Waals surface area contributed by atoms with Gasteiger partial charge in [-0.25, -0.2) is 4.39 Å². The molecule has 0 aliphatic heterocycles. The number of hydrogen-bond acceptors (Lipinski definition) is 2. The highest BCUT2D eigenvalue weighted by Crippen LogP contribution is 2.24. The summed E-state index contributed by atoms with van der Waals surface area (Å²) in [6, 6.07) is 3.47. The van der Waals surface area contributed by atoms with Gasteiger partial charge in [0.1, 0.15) is 11.6 Å². The standard InChI is InChI=1S/C11H9F3O3/c12-8-4-2-5-9(17-11(13)14)7(8)3-1-6-10(15)16/h1-5,11H,6H2,(H,15,16). The van der Waals surface area contributed by atoms with Crippen LogP contribution in [-0.4, -0.2) is 17.7 Å². The van der Waals surface area contributed by atoms with Gasteiger partial charge in [-0.1, -0.05) is 18.2 Å². The van der Waals surface area contributed by atoms with Crippen LogP contribution in [0.1, 0.15) is 12.0 Å². The molecule has 0 spiro atoms. The second-order valence-corrected chi connectivity index (χ2v) is 3.03. The maximum atomic E-state index is 13.3. The molecule has 1 aromatic carbocycles. The van der Waals surface area contributed by atoms with Gasteiger partial charge in [0.15, 0.2) is 0 Å². The summed E-state index contributed by atoms with van der Waals surface area (Å²) in [6.07, 6.45) is 1.92. The Hall–Kier alpha value is -1.98. The second kappa shape index (κ2) is 5.93. The van der Waals surface area contributed by atoms with E-state index in [4.69, 9.17) is 5.11 Å². The van der Waals surface area contributed by atoms with Gasteiger partial charge in [-0.05, 0) is 12.1 Å². The zero-order valence-electron chi connectivity index (χ0n) is 8.57. The van der Waals surface area contributed by atoms with E-state index in [1.807, 2.05) is 0 Å². The van der Waals surface area contributed by atoms with Crippen LogP contribution < -0.4 is 4.74 Å². The maximum absolute atomic E-state index is 13.3. The van der Waals surface area contributed by atoms with Crippen molar-refractivity contribution in [3.05, 3.63) is 35.7 Å². The van der Waals surface area contributed by atoms with Gasteiger partial charge in [-0.15, -0.1) is 0 Å². The summed E-state index contributed by atoms with van der Waals surface area (Å²) in [5, 5.41) is 8.38. The molecular weight excluding hydrogens is 237 g/mol. The molecule has 0 aliphatic carbocycles. The van der Waals surface area contributed by atoms with Crippen molar-refractivity contribution >= 4 is 12.0 Å². The maximum Gasteiger partial charge on any atom is 0.387 e. The van der Waals surface area contributed by atoms with Gasteiger partial charge in [-0.3, -0.25) is 4.79 Å². The zero-order chi connectivity index (χ0) is 12.8. The average molecular weight is 246 g/mol. The molecular formula is C11H9F3O3. The van der Waals surface area contributed by atoms with Gasteiger partial charge in [0.2, 0.25) is 0 Å². The minimum absolute atomic E-state index is 0.200. The van der Waals surface area contributed by atoms with Crippen LogP contribution in [0.4, 0.5) is 13.2 Å². The van der Waals surface area contributed by atoms with Gasteiger partial charge >= 0.3 is 12.6 Å². The normalized spacial score (nSPS) is 11.1. The molecule has 0 radical (unpaired) electrons. The molecule has 92 valence electrons. The first-order valence-corrected chi connectivity index (χ1v) is 4.62. The predicted octanol–water partition coefficient (Wildman–Crippen LogP) is 2.92. The molecule has 6 heteroatoms. The molecule has 0 aliphatic rings. The molecule has 0 fully saturated rings. The van der Waals surface area contributed by atoms with Gasteiger partial charge < -0.3 is 9.84 Å². The van der Waals surface area contributed by atoms with Gasteiger partial charge in [-0.2, -0.15) is 8.78 Å². The van der Waals surface area contributed by atoms with E-state index in [1.54, 1.807) is 0 Å². The van der Waals surface area contributed by atoms with E-state index < -0.39 is 18.4 Å². The number of ether oxygens (including phenoxy) is 1. The molecule has 3 nitrogen and oxygen atoms in total. The molecule has 0 unspecified atom stereocenters. The summed E-state index contributed by atoms with van der Waals surface area (Å²) in [5.74, 6) is -2.19. The van der Waals surface area contributed by atoms with Crippen molar-refractivity contribution in [1.82, 2.24) is 0 Å². The van der Waals surface area contributed by atoms with Gasteiger partial charge in [0.25, 0.3) is 0 Å². The quantitative estimate of drug-likeness (QED) is 0.868. The van der Waals surface area contributed by atoms with Crippen molar-refractivity contribution in [2.24, 2.45) is 0 Å². The van der Waals surface area contributed by atoms with Crippen molar-refractivity contribution in [2.45, 2.75) is 13.0 Å². The molecule has 17 heavy (non-hydrogen) atoms. The van der Waals surface area contributed by atoms with Crippen LogP contribution >= 0.6 is 0 Å². The molecule has 1 aromatic rings. The van der Waals surface area contributed by atoms with E-state index in [0.29, 0.717) is 0 Å². The summed E-state index contributed by atoms with van der Waals surface area (Å²) >= 11 is 0. The van der Waals surface area contributed by atoms with Crippen LogP contribution in [0.25, 0.3) is 6.08 Å². The fourth-order valence-electron chi connectivity index (χ4n) is 1.16. The van der Waals surface area contributed by atoms with Crippen molar-refractivity contribution in [3.63, 3.8) is 0 Å². The fourth-order valence-corrected chi connectivity index (χ4v) is 1.16. The van der Waals surface area contributed by atoms with Crippen LogP contribution in [0.15, 0.2) is 24.3 Å². The number of carboxylic acids is 1. The van der Waals surface area contributed by atoms with Crippen LogP contribution in [0.2, 0.25) is 0 Å². The van der Waals surface area contributed by atoms with Crippen LogP contribution in [0, 0.1) is 5.82 Å². The first-order chi connectivity index (χ1) is 8.00. The monoisotopic (exact) mass is 246 g/mol. The number of rotatable bonds is 5. The lowest BCUT2D eigenvalue weighted by Crippen LogP contribution is -2.04. The van der Waals surface area contributed by atoms with Crippen molar-refractivity contribution in [1.29, 1.82) is 0 Å². The summed E-state index contributed by atoms with van der Waals surface area (Å²) in [7, 11) is 0. The predicted molar refractivity (Wildman–Crippen MR) is 54.3 cm³/mol. The molecule has 1 rings (SSSR count). The molecule has 0 amide bonds. The summed E-state index contributed by atoms with van der Waals surface area (Å²) < 4.78 is 41.5. The summed E-state index contributed by atoms with van der Waals surface area (Å²) in [6.45, 7) is -3.07. The van der Waals surface area contributed by atoms with E-state index in [9.17, 15) is 18.0 Å². The van der Waals surface area contributed by atoms with Crippen molar-refractivity contribution in [2.75, 3.05) is 0 Å². The lowest BCUT2D eigenvalue weighted by Gasteiger charge is -2.08. The van der Waals surface area contributed by atoms with E-state index >= 15 is 0 Å². The minimum Gasteiger partial charge on any atom is -0.481 e. The van der Waals surface area contributed by atoms with E-state index in [-0.39, 0.29) is 17.7 Å². The lowest BCUT2D eigenvalue weighted by molar-refractivity contribution is -0.135. The smallest absolute Gasteiger partial charge is 0.387 e. The third-order valence-electron chi connectivity index (χ3n) is 1.81. The van der Waals surface area contributed by atoms with Crippen molar-refractivity contribution < 1.29 is 27.8 Å². The second-order valence-electron chi connectivity index (χ2n) is 3.03. The molecule has 0 atom stereocenters. The Morgan fingerprint density at radius 1 is 1.47 bits per heavy atom. The molecule has 0 aromatic heterocycles. The Morgan fingerprint density at radius 3 is 2.76 bits per heavy atom. The highest BCUT2D eigenvalue weighted by atomic mass is 19.3. The SMILES string of the molecule is O=C(O)CC=Cc1c(F)cccc1OC(F)F. The largest absolute Gasteiger partial charge is 0.481 e. The number of hydrogen-bond donors (Lipinski definition) is 1. The average Bonchev–Trinajstić information content (AvgIpc) is 2.21. The highest BCUT2D eigenvalue weighted by Gasteiger charge is 2.11. The Bertz CT molecular complexity index is 430. The van der Waals surface area contributed by atoms with Crippen LogP contribution in [-0.2, 0) is 4.79 Å². The molecule has 0 saturated heterocycles. The van der Waals surface area contributed by atoms with Gasteiger partial charge in [0, 0.05) is 0 Å². The zero-order valence-corrected chi connectivity index (χ0v) is 8.57. The van der Waals surface area contributed by atoms with E-state index in [0.717, 1.165) is 18.2 Å². The fraction of sp³-hybridized carbons (Fsp3) is 0.182. The topological polar surface area (TPSA) is 46.5 Å². The van der Waals surface area contributed by atoms with Crippen LogP contribution in [0.3, 0.4) is 0 Å². The third-order valence-corrected chi connectivity index (χ3v) is 1.81. The van der Waals surface area contributed by atoms with E-state index in [2.05, 4.69) is 4.74 Å². The third kappa shape index (κ3) is 4.18. The minimum atomic E-state index is -3.07. The number of carbonyl (C=O) groups is 1. The first-order valence-electron chi connectivity index (χ1n) is 4.62. The highest BCUT2D eigenvalue weighted by molar-refractivity contribution is 5.71. The van der Waals surface area contributed by atoms with Crippen LogP contribution in [0.5, 0.6) is 5.75 Å². The molecule has 0 saturated carbocycles. The Kier molecular flexibility index (Phi) is 4.56. The number of carboxylic acid groups (broad SMARTS) is 1. The first kappa shape index (κ1) is 13.1. The van der Waals surface area contributed by atoms with E-state index in [1.165, 1.54) is 12.1 Å². The van der Waals surface area contributed by atoms with Gasteiger partial charge in [0.05, 0.1) is 12.0 Å². The Morgan fingerprint density at radius 2 is 2.18 bits per heavy atom. The molecule has 0 bridgehead atoms. The molecule has 1 N–H and O–H groups in total. The summed E-state index contributed by atoms with van der Waals surface area (Å²) in [5.41, 5.74) is -0.200. The number of halogens is 3. The Balaban J connectivity index is 2.95. The lowest BCUT2D eigenvalue weighted by atomic mass is 10.1. The molecule has 0 heterocycles. The number of alkyl halides is 2. The summed E-state index contributed by atoms with van der Waals surface area (Å²) in [4.78, 5) is 10.2.